The van der Waals surface area contributed by atoms with Crippen molar-refractivity contribution in [3.05, 3.63) is 48.3 Å². The number of likely N-dealkylation sites (tertiary alicyclic amines) is 1. The number of nitrogens with zero attached hydrogens (tertiary/aromatic N) is 4. The molecule has 1 saturated heterocycles. The molecule has 1 aliphatic rings. The van der Waals surface area contributed by atoms with Crippen LogP contribution in [0.5, 0.6) is 0 Å². The first kappa shape index (κ1) is 15.6. The maximum Gasteiger partial charge on any atom is 0.251 e. The highest BCUT2D eigenvalue weighted by Gasteiger charge is 2.29. The van der Waals surface area contributed by atoms with Crippen molar-refractivity contribution in [2.24, 2.45) is 7.05 Å². The fraction of sp³-hybridized carbons (Fsp3) is 0.438. The number of nitrogens with one attached hydrogen (secondary N) is 1. The molecule has 3 heterocycles. The Labute approximate surface area is 135 Å². The van der Waals surface area contributed by atoms with Gasteiger partial charge in [-0.15, -0.1) is 0 Å². The van der Waals surface area contributed by atoms with Gasteiger partial charge in [0.2, 0.25) is 0 Å². The van der Waals surface area contributed by atoms with Crippen molar-refractivity contribution in [2.45, 2.75) is 25.1 Å². The van der Waals surface area contributed by atoms with Crippen LogP contribution in [0.2, 0.25) is 0 Å². The van der Waals surface area contributed by atoms with Crippen molar-refractivity contribution in [2.75, 3.05) is 13.1 Å². The second-order valence-electron chi connectivity index (χ2n) is 5.86. The lowest BCUT2D eigenvalue weighted by atomic mass is 10.0. The molecule has 0 unspecified atom stereocenters. The first-order valence-corrected chi connectivity index (χ1v) is 7.71. The average molecular weight is 315 g/mol. The van der Waals surface area contributed by atoms with Gasteiger partial charge in [0.25, 0.3) is 5.91 Å². The number of carbonyl (C=O) groups excluding carboxylic acids is 1. The summed E-state index contributed by atoms with van der Waals surface area (Å²) < 4.78 is 1.98. The zero-order valence-electron chi connectivity index (χ0n) is 13.1. The molecule has 1 aliphatic heterocycles. The molecule has 2 aromatic rings. The van der Waals surface area contributed by atoms with E-state index in [1.165, 1.54) is 0 Å². The van der Waals surface area contributed by atoms with E-state index in [0.717, 1.165) is 12.4 Å². The number of amides is 1. The standard InChI is InChI=1S/C16H21N5O2/c1-20-9-7-18-15(20)11-21-8-4-13(14(22)10-21)19-16(23)12-2-5-17-6-3-12/h2-3,5-7,9,13-14,22H,4,8,10-11H2,1H3,(H,19,23)/t13-,14-/m1/s1. The van der Waals surface area contributed by atoms with Crippen LogP contribution in [0.25, 0.3) is 0 Å². The van der Waals surface area contributed by atoms with Crippen molar-refractivity contribution < 1.29 is 9.90 Å². The topological polar surface area (TPSA) is 83.3 Å². The smallest absolute Gasteiger partial charge is 0.251 e. The van der Waals surface area contributed by atoms with E-state index in [2.05, 4.69) is 20.2 Å². The van der Waals surface area contributed by atoms with Crippen LogP contribution in [-0.2, 0) is 13.6 Å². The predicted molar refractivity (Wildman–Crippen MR) is 84.6 cm³/mol. The number of aromatic nitrogens is 3. The highest BCUT2D eigenvalue weighted by Crippen LogP contribution is 2.14. The van der Waals surface area contributed by atoms with Gasteiger partial charge in [-0.1, -0.05) is 0 Å². The number of rotatable bonds is 4. The highest BCUT2D eigenvalue weighted by molar-refractivity contribution is 5.94. The van der Waals surface area contributed by atoms with E-state index >= 15 is 0 Å². The third-order valence-electron chi connectivity index (χ3n) is 4.21. The van der Waals surface area contributed by atoms with E-state index in [0.29, 0.717) is 25.1 Å². The number of pyridine rings is 1. The Balaban J connectivity index is 1.54. The molecule has 2 atom stereocenters. The second kappa shape index (κ2) is 6.89. The fourth-order valence-corrected chi connectivity index (χ4v) is 2.81. The lowest BCUT2D eigenvalue weighted by Gasteiger charge is -2.36. The van der Waals surface area contributed by atoms with Crippen LogP contribution in [0.4, 0.5) is 0 Å². The Morgan fingerprint density at radius 2 is 2.17 bits per heavy atom. The van der Waals surface area contributed by atoms with Gasteiger partial charge in [0.1, 0.15) is 5.82 Å². The van der Waals surface area contributed by atoms with E-state index < -0.39 is 6.10 Å². The third kappa shape index (κ3) is 3.75. The van der Waals surface area contributed by atoms with E-state index in [1.54, 1.807) is 30.7 Å². The molecule has 0 spiro atoms. The first-order chi connectivity index (χ1) is 11.1. The number of carbonyl (C=O) groups is 1. The second-order valence-corrected chi connectivity index (χ2v) is 5.86. The predicted octanol–water partition coefficient (Wildman–Crippen LogP) is 0.180. The third-order valence-corrected chi connectivity index (χ3v) is 4.21. The largest absolute Gasteiger partial charge is 0.390 e. The summed E-state index contributed by atoms with van der Waals surface area (Å²) in [5.74, 6) is 0.797. The van der Waals surface area contributed by atoms with Crippen molar-refractivity contribution in [1.82, 2.24) is 24.8 Å². The summed E-state index contributed by atoms with van der Waals surface area (Å²) in [5.41, 5.74) is 0.558. The maximum atomic E-state index is 12.2. The molecule has 3 rings (SSSR count). The molecule has 2 N–H and O–H groups in total. The van der Waals surface area contributed by atoms with Gasteiger partial charge in [-0.25, -0.2) is 4.98 Å². The molecule has 7 heteroatoms. The average Bonchev–Trinajstić information content (AvgIpc) is 2.96. The Kier molecular flexibility index (Phi) is 4.68. The van der Waals surface area contributed by atoms with Crippen LogP contribution < -0.4 is 5.32 Å². The summed E-state index contributed by atoms with van der Waals surface area (Å²) in [6.45, 7) is 2.03. The van der Waals surface area contributed by atoms with Crippen molar-refractivity contribution >= 4 is 5.91 Å². The number of hydrogen-bond acceptors (Lipinski definition) is 5. The quantitative estimate of drug-likeness (QED) is 0.841. The molecule has 1 amide bonds. The minimum absolute atomic E-state index is 0.172. The zero-order chi connectivity index (χ0) is 16.2. The summed E-state index contributed by atoms with van der Waals surface area (Å²) in [5, 5.41) is 13.2. The van der Waals surface area contributed by atoms with Crippen LogP contribution in [-0.4, -0.2) is 55.7 Å². The van der Waals surface area contributed by atoms with Gasteiger partial charge in [0, 0.05) is 50.5 Å². The summed E-state index contributed by atoms with van der Waals surface area (Å²) in [6.07, 6.45) is 6.97. The molecule has 0 bridgehead atoms. The van der Waals surface area contributed by atoms with E-state index in [-0.39, 0.29) is 11.9 Å². The van der Waals surface area contributed by atoms with Crippen molar-refractivity contribution in [3.8, 4) is 0 Å². The van der Waals surface area contributed by atoms with Crippen LogP contribution >= 0.6 is 0 Å². The molecule has 1 fully saturated rings. The van der Waals surface area contributed by atoms with Gasteiger partial charge >= 0.3 is 0 Å². The molecule has 122 valence electrons. The summed E-state index contributed by atoms with van der Waals surface area (Å²) in [4.78, 5) is 22.5. The number of β-amino-alcohol motifs (C(OH)–C–C–N with tert-alkyl or cyclic N) is 1. The van der Waals surface area contributed by atoms with Crippen LogP contribution in [0.3, 0.4) is 0 Å². The zero-order valence-corrected chi connectivity index (χ0v) is 13.1. The maximum absolute atomic E-state index is 12.2. The summed E-state index contributed by atoms with van der Waals surface area (Å²) in [7, 11) is 1.96. The summed E-state index contributed by atoms with van der Waals surface area (Å²) in [6, 6.07) is 3.10. The van der Waals surface area contributed by atoms with Gasteiger partial charge in [0.05, 0.1) is 18.7 Å². The fourth-order valence-electron chi connectivity index (χ4n) is 2.81. The number of imidazole rings is 1. The number of aryl methyl sites for hydroxylation is 1. The molecule has 0 aromatic carbocycles. The Morgan fingerprint density at radius 3 is 2.83 bits per heavy atom. The molecule has 0 radical (unpaired) electrons. The molecule has 2 aromatic heterocycles. The minimum Gasteiger partial charge on any atom is -0.390 e. The molecular formula is C16H21N5O2. The number of aliphatic hydroxyl groups excluding tert-OH is 1. The van der Waals surface area contributed by atoms with Gasteiger partial charge in [0.15, 0.2) is 0 Å². The Hall–Kier alpha value is -2.25. The van der Waals surface area contributed by atoms with Gasteiger partial charge in [-0.05, 0) is 18.6 Å². The van der Waals surface area contributed by atoms with Crippen LogP contribution in [0.1, 0.15) is 22.6 Å². The van der Waals surface area contributed by atoms with Crippen LogP contribution in [0.15, 0.2) is 36.9 Å². The Morgan fingerprint density at radius 1 is 1.39 bits per heavy atom. The number of aliphatic hydroxyl groups is 1. The van der Waals surface area contributed by atoms with Crippen molar-refractivity contribution in [3.63, 3.8) is 0 Å². The van der Waals surface area contributed by atoms with Gasteiger partial charge in [-0.3, -0.25) is 14.7 Å². The number of piperidine rings is 1. The van der Waals surface area contributed by atoms with E-state index in [9.17, 15) is 9.90 Å². The van der Waals surface area contributed by atoms with Crippen LogP contribution in [0, 0.1) is 0 Å². The molecule has 0 saturated carbocycles. The molecular weight excluding hydrogens is 294 g/mol. The highest BCUT2D eigenvalue weighted by atomic mass is 16.3. The van der Waals surface area contributed by atoms with Gasteiger partial charge < -0.3 is 15.0 Å². The van der Waals surface area contributed by atoms with Crippen molar-refractivity contribution in [1.29, 1.82) is 0 Å². The minimum atomic E-state index is -0.588. The molecule has 7 nitrogen and oxygen atoms in total. The normalized spacial score (nSPS) is 22.0. The monoisotopic (exact) mass is 315 g/mol. The van der Waals surface area contributed by atoms with E-state index in [4.69, 9.17) is 0 Å². The number of hydrogen-bond donors (Lipinski definition) is 2. The van der Waals surface area contributed by atoms with Gasteiger partial charge in [-0.2, -0.15) is 0 Å². The molecule has 0 aliphatic carbocycles. The Bertz CT molecular complexity index is 658. The molecule has 23 heavy (non-hydrogen) atoms. The van der Waals surface area contributed by atoms with E-state index in [1.807, 2.05) is 17.8 Å². The SMILES string of the molecule is Cn1ccnc1CN1CC[C@@H](NC(=O)c2ccncc2)[C@H](O)C1. The lowest BCUT2D eigenvalue weighted by Crippen LogP contribution is -2.53. The summed E-state index contributed by atoms with van der Waals surface area (Å²) >= 11 is 0. The lowest BCUT2D eigenvalue weighted by molar-refractivity contribution is 0.0337. The first-order valence-electron chi connectivity index (χ1n) is 7.71.